The fourth-order valence-electron chi connectivity index (χ4n) is 8.65. The fourth-order valence-corrected chi connectivity index (χ4v) is 8.65. The first-order chi connectivity index (χ1) is 23.3. The van der Waals surface area contributed by atoms with Crippen LogP contribution in [0.4, 0.5) is 11.4 Å². The molecule has 2 aliphatic rings. The van der Waals surface area contributed by atoms with Crippen molar-refractivity contribution in [2.75, 3.05) is 19.0 Å². The third kappa shape index (κ3) is 4.90. The number of nitrogens with zero attached hydrogens (tertiary/aromatic N) is 2. The highest BCUT2D eigenvalue weighted by Crippen LogP contribution is 2.54. The van der Waals surface area contributed by atoms with Crippen LogP contribution in [0.1, 0.15) is 42.0 Å². The van der Waals surface area contributed by atoms with Crippen molar-refractivity contribution in [2.24, 2.45) is 0 Å². The van der Waals surface area contributed by atoms with Gasteiger partial charge >= 0.3 is 0 Å². The third-order valence-electron chi connectivity index (χ3n) is 10.9. The summed E-state index contributed by atoms with van der Waals surface area (Å²) in [5, 5.41) is 5.19. The minimum Gasteiger partial charge on any atom is -0.347 e. The number of allylic oxidation sites excluding steroid dienone is 8. The SMILES string of the molecule is C=CCC1(CC=C)\C(=C/C=C/C=C/C2=[N+](C)c3ccc4ccccc4c3C2(C)Cc2ccccc2C)N(C)c2ccc3ccccc3c21. The molecule has 48 heavy (non-hydrogen) atoms. The maximum absolute atomic E-state index is 4.19. The summed E-state index contributed by atoms with van der Waals surface area (Å²) in [6.45, 7) is 13.0. The van der Waals surface area contributed by atoms with Crippen LogP contribution in [-0.2, 0) is 17.3 Å². The second-order valence-corrected chi connectivity index (χ2v) is 13.7. The van der Waals surface area contributed by atoms with Crippen LogP contribution in [0.5, 0.6) is 0 Å². The third-order valence-corrected chi connectivity index (χ3v) is 10.9. The second-order valence-electron chi connectivity index (χ2n) is 13.7. The van der Waals surface area contributed by atoms with Gasteiger partial charge in [0, 0.05) is 41.6 Å². The molecule has 5 aromatic rings. The summed E-state index contributed by atoms with van der Waals surface area (Å²) < 4.78 is 2.40. The Labute approximate surface area is 286 Å². The lowest BCUT2D eigenvalue weighted by Crippen LogP contribution is -2.33. The number of fused-ring (bicyclic) bond motifs is 6. The van der Waals surface area contributed by atoms with Gasteiger partial charge in [-0.2, -0.15) is 4.58 Å². The molecule has 0 amide bonds. The van der Waals surface area contributed by atoms with E-state index in [0.29, 0.717) is 0 Å². The molecule has 0 fully saturated rings. The van der Waals surface area contributed by atoms with Crippen LogP contribution in [0, 0.1) is 6.92 Å². The Hall–Kier alpha value is -5.21. The monoisotopic (exact) mass is 625 g/mol. The summed E-state index contributed by atoms with van der Waals surface area (Å²) in [5.41, 5.74) is 10.2. The second kappa shape index (κ2) is 12.4. The largest absolute Gasteiger partial charge is 0.347 e. The van der Waals surface area contributed by atoms with E-state index < -0.39 is 0 Å². The van der Waals surface area contributed by atoms with Gasteiger partial charge in [0.05, 0.1) is 5.41 Å². The van der Waals surface area contributed by atoms with Gasteiger partial charge in [0.15, 0.2) is 5.71 Å². The molecule has 2 nitrogen and oxygen atoms in total. The Morgan fingerprint density at radius 1 is 0.729 bits per heavy atom. The van der Waals surface area contributed by atoms with E-state index in [1.165, 1.54) is 66.6 Å². The molecule has 2 heterocycles. The van der Waals surface area contributed by atoms with Gasteiger partial charge in [0.1, 0.15) is 7.05 Å². The number of hydrogen-bond acceptors (Lipinski definition) is 1. The van der Waals surface area contributed by atoms with Gasteiger partial charge in [-0.15, -0.1) is 13.2 Å². The minimum absolute atomic E-state index is 0.197. The molecule has 0 spiro atoms. The Morgan fingerprint density at radius 3 is 2.04 bits per heavy atom. The van der Waals surface area contributed by atoms with Crippen molar-refractivity contribution in [3.05, 3.63) is 181 Å². The van der Waals surface area contributed by atoms with Crippen molar-refractivity contribution in [1.82, 2.24) is 0 Å². The first-order valence-electron chi connectivity index (χ1n) is 17.1. The molecule has 0 saturated heterocycles. The zero-order valence-corrected chi connectivity index (χ0v) is 28.7. The molecule has 0 radical (unpaired) electrons. The van der Waals surface area contributed by atoms with E-state index in [1.54, 1.807) is 0 Å². The lowest BCUT2D eigenvalue weighted by Gasteiger charge is -2.31. The predicted molar refractivity (Wildman–Crippen MR) is 207 cm³/mol. The Morgan fingerprint density at radius 2 is 1.35 bits per heavy atom. The van der Waals surface area contributed by atoms with Crippen molar-refractivity contribution in [3.63, 3.8) is 0 Å². The maximum atomic E-state index is 4.19. The van der Waals surface area contributed by atoms with Crippen LogP contribution in [0.3, 0.4) is 0 Å². The standard InChI is InChI=1S/C46H45N2/c1-7-30-46(31-8-2)42(48(6)40-29-27-35-20-15-17-23-38(35)44(40)46)25-11-9-10-24-41-45(4,32-36-21-13-12-18-33(36)3)43-37-22-16-14-19-34(37)26-28-39(43)47(41)5/h7-29H,1-2,30-32H2,3-6H3/q+1. The van der Waals surface area contributed by atoms with Gasteiger partial charge in [-0.25, -0.2) is 0 Å². The first-order valence-corrected chi connectivity index (χ1v) is 17.1. The Bertz CT molecular complexity index is 2200. The van der Waals surface area contributed by atoms with E-state index >= 15 is 0 Å². The minimum atomic E-state index is -0.224. The van der Waals surface area contributed by atoms with Crippen LogP contribution >= 0.6 is 0 Å². The topological polar surface area (TPSA) is 6.25 Å². The smallest absolute Gasteiger partial charge is 0.210 e. The average molecular weight is 626 g/mol. The van der Waals surface area contributed by atoms with Gasteiger partial charge in [-0.3, -0.25) is 0 Å². The number of aryl methyl sites for hydroxylation is 1. The molecule has 0 aliphatic carbocycles. The summed E-state index contributed by atoms with van der Waals surface area (Å²) in [6, 6.07) is 35.4. The highest BCUT2D eigenvalue weighted by Gasteiger charge is 2.48. The highest BCUT2D eigenvalue weighted by atomic mass is 15.2. The maximum Gasteiger partial charge on any atom is 0.210 e. The predicted octanol–water partition coefficient (Wildman–Crippen LogP) is 11.1. The Kier molecular flexibility index (Phi) is 8.13. The van der Waals surface area contributed by atoms with E-state index in [2.05, 4.69) is 190 Å². The normalized spacial score (nSPS) is 19.2. The van der Waals surface area contributed by atoms with Crippen molar-refractivity contribution in [3.8, 4) is 0 Å². The molecular weight excluding hydrogens is 581 g/mol. The molecule has 2 heteroatoms. The van der Waals surface area contributed by atoms with E-state index in [1.807, 2.05) is 0 Å². The zero-order valence-electron chi connectivity index (χ0n) is 28.7. The summed E-state index contributed by atoms with van der Waals surface area (Å²) in [6.07, 6.45) is 18.0. The summed E-state index contributed by atoms with van der Waals surface area (Å²) in [5.74, 6) is 0. The quantitative estimate of drug-likeness (QED) is 0.0897. The lowest BCUT2D eigenvalue weighted by molar-refractivity contribution is -0.401. The highest BCUT2D eigenvalue weighted by molar-refractivity contribution is 6.08. The van der Waals surface area contributed by atoms with E-state index in [9.17, 15) is 0 Å². The van der Waals surface area contributed by atoms with Gasteiger partial charge < -0.3 is 4.90 Å². The summed E-state index contributed by atoms with van der Waals surface area (Å²) in [4.78, 5) is 2.36. The number of benzene rings is 5. The molecule has 0 N–H and O–H groups in total. The van der Waals surface area contributed by atoms with Gasteiger partial charge in [0.2, 0.25) is 5.69 Å². The molecule has 1 atom stereocenters. The van der Waals surface area contributed by atoms with Crippen LogP contribution in [0.25, 0.3) is 21.5 Å². The molecule has 2 aliphatic heterocycles. The van der Waals surface area contributed by atoms with E-state index in [4.69, 9.17) is 0 Å². The Balaban J connectivity index is 1.28. The lowest BCUT2D eigenvalue weighted by atomic mass is 9.72. The van der Waals surface area contributed by atoms with Crippen LogP contribution in [0.2, 0.25) is 0 Å². The van der Waals surface area contributed by atoms with Crippen LogP contribution in [-0.4, -0.2) is 24.4 Å². The number of rotatable bonds is 9. The van der Waals surface area contributed by atoms with Crippen LogP contribution in [0.15, 0.2) is 158 Å². The molecule has 0 bridgehead atoms. The van der Waals surface area contributed by atoms with Crippen LogP contribution < -0.4 is 4.90 Å². The molecule has 5 aromatic carbocycles. The summed E-state index contributed by atoms with van der Waals surface area (Å²) in [7, 11) is 4.41. The van der Waals surface area contributed by atoms with Crippen molar-refractivity contribution < 1.29 is 4.58 Å². The van der Waals surface area contributed by atoms with Gasteiger partial charge in [-0.1, -0.05) is 109 Å². The van der Waals surface area contributed by atoms with Crippen molar-refractivity contribution in [2.45, 2.75) is 43.9 Å². The molecule has 238 valence electrons. The number of anilines is 1. The zero-order chi connectivity index (χ0) is 33.5. The first kappa shape index (κ1) is 31.4. The average Bonchev–Trinajstić information content (AvgIpc) is 3.46. The number of hydrogen-bond donors (Lipinski definition) is 0. The van der Waals surface area contributed by atoms with E-state index in [-0.39, 0.29) is 10.8 Å². The summed E-state index contributed by atoms with van der Waals surface area (Å²) >= 11 is 0. The molecule has 7 rings (SSSR count). The molecule has 1 unspecified atom stereocenters. The van der Waals surface area contributed by atoms with E-state index in [0.717, 1.165) is 19.3 Å². The van der Waals surface area contributed by atoms with Gasteiger partial charge in [-0.05, 0) is 89.6 Å². The number of likely N-dealkylation sites (N-methyl/N-ethyl adjacent to an activating group) is 1. The fraction of sp³-hybridized carbons (Fsp3) is 0.196. The van der Waals surface area contributed by atoms with Crippen molar-refractivity contribution in [1.29, 1.82) is 0 Å². The molecule has 0 aromatic heterocycles. The molecule has 0 saturated carbocycles. The van der Waals surface area contributed by atoms with Gasteiger partial charge in [0.25, 0.3) is 0 Å². The molecular formula is C46H45N2+. The van der Waals surface area contributed by atoms with Crippen molar-refractivity contribution >= 4 is 38.6 Å².